The van der Waals surface area contributed by atoms with E-state index in [0.717, 1.165) is 0 Å². The van der Waals surface area contributed by atoms with Gasteiger partial charge in [-0.15, -0.1) is 0 Å². The number of rotatable bonds is 7. The normalized spacial score (nSPS) is 10.1. The second kappa shape index (κ2) is 8.39. The van der Waals surface area contributed by atoms with E-state index in [0.29, 0.717) is 25.6 Å². The highest BCUT2D eigenvalue weighted by molar-refractivity contribution is 7.80. The van der Waals surface area contributed by atoms with Crippen LogP contribution >= 0.6 is 12.6 Å². The van der Waals surface area contributed by atoms with Crippen molar-refractivity contribution >= 4 is 20.0 Å². The SMILES string of the molecule is CCOB(OCC)OCCS. The Labute approximate surface area is 74.0 Å². The summed E-state index contributed by atoms with van der Waals surface area (Å²) in [5, 5.41) is 0. The van der Waals surface area contributed by atoms with Crippen LogP contribution in [0.3, 0.4) is 0 Å². The lowest BCUT2D eigenvalue weighted by molar-refractivity contribution is 0.108. The van der Waals surface area contributed by atoms with E-state index in [2.05, 4.69) is 12.6 Å². The van der Waals surface area contributed by atoms with E-state index in [1.54, 1.807) is 0 Å². The van der Waals surface area contributed by atoms with Gasteiger partial charge in [0.15, 0.2) is 0 Å². The lowest BCUT2D eigenvalue weighted by atomic mass is 10.2. The van der Waals surface area contributed by atoms with Gasteiger partial charge in [0.1, 0.15) is 0 Å². The summed E-state index contributed by atoms with van der Waals surface area (Å²) in [7, 11) is -0.517. The van der Waals surface area contributed by atoms with Gasteiger partial charge in [0.25, 0.3) is 0 Å². The zero-order valence-corrected chi connectivity index (χ0v) is 7.97. The minimum absolute atomic E-state index is 0.517. The summed E-state index contributed by atoms with van der Waals surface area (Å²) in [5.41, 5.74) is 0. The third-order valence-electron chi connectivity index (χ3n) is 0.951. The van der Waals surface area contributed by atoms with E-state index in [-0.39, 0.29) is 0 Å². The van der Waals surface area contributed by atoms with Crippen molar-refractivity contribution in [2.45, 2.75) is 13.8 Å². The minimum Gasteiger partial charge on any atom is -0.386 e. The molecule has 0 N–H and O–H groups in total. The summed E-state index contributed by atoms with van der Waals surface area (Å²) in [4.78, 5) is 0. The molecule has 0 heterocycles. The molecule has 3 nitrogen and oxygen atoms in total. The summed E-state index contributed by atoms with van der Waals surface area (Å²) >= 11 is 4.00. The molecule has 0 aliphatic heterocycles. The zero-order chi connectivity index (χ0) is 8.53. The maximum absolute atomic E-state index is 5.15. The number of thiol groups is 1. The summed E-state index contributed by atoms with van der Waals surface area (Å²) in [6, 6.07) is 0. The zero-order valence-electron chi connectivity index (χ0n) is 7.08. The first-order valence-electron chi connectivity index (χ1n) is 3.80. The fraction of sp³-hybridized carbons (Fsp3) is 1.00. The molecule has 0 aromatic rings. The number of hydrogen-bond donors (Lipinski definition) is 1. The highest BCUT2D eigenvalue weighted by atomic mass is 32.1. The average molecular weight is 178 g/mol. The predicted molar refractivity (Wildman–Crippen MR) is 48.8 cm³/mol. The molecule has 0 aliphatic carbocycles. The molecule has 0 aromatic carbocycles. The van der Waals surface area contributed by atoms with Crippen LogP contribution in [0.15, 0.2) is 0 Å². The van der Waals surface area contributed by atoms with Crippen LogP contribution in [0.5, 0.6) is 0 Å². The first-order valence-corrected chi connectivity index (χ1v) is 4.44. The Kier molecular flexibility index (Phi) is 8.62. The second-order valence-electron chi connectivity index (χ2n) is 1.79. The first-order chi connectivity index (χ1) is 5.35. The van der Waals surface area contributed by atoms with Crippen LogP contribution in [0.4, 0.5) is 0 Å². The van der Waals surface area contributed by atoms with Crippen LogP contribution < -0.4 is 0 Å². The standard InChI is InChI=1S/C6H15BO3S/c1-3-8-7(9-4-2)10-5-6-11/h11H,3-6H2,1-2H3. The van der Waals surface area contributed by atoms with Crippen molar-refractivity contribution in [1.82, 2.24) is 0 Å². The van der Waals surface area contributed by atoms with Crippen molar-refractivity contribution in [2.24, 2.45) is 0 Å². The fourth-order valence-electron chi connectivity index (χ4n) is 0.565. The third kappa shape index (κ3) is 6.68. The van der Waals surface area contributed by atoms with Gasteiger partial charge >= 0.3 is 7.32 Å². The van der Waals surface area contributed by atoms with Gasteiger partial charge in [0.05, 0.1) is 0 Å². The molecule has 0 saturated heterocycles. The third-order valence-corrected chi connectivity index (χ3v) is 1.13. The Morgan fingerprint density at radius 3 is 2.00 bits per heavy atom. The van der Waals surface area contributed by atoms with E-state index in [1.165, 1.54) is 0 Å². The summed E-state index contributed by atoms with van der Waals surface area (Å²) in [5.74, 6) is 0.677. The minimum atomic E-state index is -0.517. The van der Waals surface area contributed by atoms with Gasteiger partial charge in [0.2, 0.25) is 0 Å². The van der Waals surface area contributed by atoms with Crippen molar-refractivity contribution in [3.05, 3.63) is 0 Å². The van der Waals surface area contributed by atoms with Crippen molar-refractivity contribution < 1.29 is 14.0 Å². The molecule has 0 spiro atoms. The predicted octanol–water partition coefficient (Wildman–Crippen LogP) is 0.991. The van der Waals surface area contributed by atoms with E-state index in [9.17, 15) is 0 Å². The molecule has 0 amide bonds. The quantitative estimate of drug-likeness (QED) is 0.465. The molecule has 0 rings (SSSR count). The van der Waals surface area contributed by atoms with E-state index in [4.69, 9.17) is 14.0 Å². The Morgan fingerprint density at radius 1 is 1.09 bits per heavy atom. The van der Waals surface area contributed by atoms with Gasteiger partial charge < -0.3 is 14.0 Å². The van der Waals surface area contributed by atoms with Crippen LogP contribution in [0, 0.1) is 0 Å². The molecule has 0 aliphatic rings. The first kappa shape index (κ1) is 11.3. The molecule has 0 unspecified atom stereocenters. The van der Waals surface area contributed by atoms with Crippen LogP contribution in [-0.2, 0) is 14.0 Å². The maximum atomic E-state index is 5.15. The monoisotopic (exact) mass is 178 g/mol. The lowest BCUT2D eigenvalue weighted by Gasteiger charge is -2.10. The summed E-state index contributed by atoms with van der Waals surface area (Å²) in [6.45, 7) is 5.54. The smallest absolute Gasteiger partial charge is 0.386 e. The van der Waals surface area contributed by atoms with Gasteiger partial charge in [-0.25, -0.2) is 0 Å². The molecule has 0 aromatic heterocycles. The van der Waals surface area contributed by atoms with Crippen molar-refractivity contribution in [2.75, 3.05) is 25.6 Å². The van der Waals surface area contributed by atoms with Crippen LogP contribution in [0.1, 0.15) is 13.8 Å². The van der Waals surface area contributed by atoms with Crippen molar-refractivity contribution in [3.63, 3.8) is 0 Å². The Balaban J connectivity index is 3.34. The highest BCUT2D eigenvalue weighted by Gasteiger charge is 2.18. The molecule has 0 fully saturated rings. The topological polar surface area (TPSA) is 27.7 Å². The molecule has 0 radical (unpaired) electrons. The summed E-state index contributed by atoms with van der Waals surface area (Å²) in [6.07, 6.45) is 0. The van der Waals surface area contributed by atoms with Crippen molar-refractivity contribution in [1.29, 1.82) is 0 Å². The number of hydrogen-bond acceptors (Lipinski definition) is 4. The molecule has 11 heavy (non-hydrogen) atoms. The highest BCUT2D eigenvalue weighted by Crippen LogP contribution is 1.92. The van der Waals surface area contributed by atoms with E-state index in [1.807, 2.05) is 13.8 Å². The van der Waals surface area contributed by atoms with E-state index >= 15 is 0 Å². The van der Waals surface area contributed by atoms with Gasteiger partial charge in [-0.05, 0) is 13.8 Å². The van der Waals surface area contributed by atoms with Gasteiger partial charge in [0, 0.05) is 25.6 Å². The molecule has 5 heteroatoms. The average Bonchev–Trinajstić information content (AvgIpc) is 2.01. The molecular weight excluding hydrogens is 163 g/mol. The Hall–Kier alpha value is 0.295. The van der Waals surface area contributed by atoms with Crippen LogP contribution in [-0.4, -0.2) is 32.9 Å². The van der Waals surface area contributed by atoms with Crippen LogP contribution in [0.2, 0.25) is 0 Å². The lowest BCUT2D eigenvalue weighted by Crippen LogP contribution is -2.28. The molecular formula is C6H15BO3S. The van der Waals surface area contributed by atoms with Gasteiger partial charge in [-0.1, -0.05) is 0 Å². The van der Waals surface area contributed by atoms with E-state index < -0.39 is 7.32 Å². The van der Waals surface area contributed by atoms with Gasteiger partial charge in [-0.2, -0.15) is 12.6 Å². The molecule has 66 valence electrons. The Bertz CT molecular complexity index is 78.2. The van der Waals surface area contributed by atoms with Crippen molar-refractivity contribution in [3.8, 4) is 0 Å². The fourth-order valence-corrected chi connectivity index (χ4v) is 0.671. The Morgan fingerprint density at radius 2 is 1.64 bits per heavy atom. The van der Waals surface area contributed by atoms with Crippen LogP contribution in [0.25, 0.3) is 0 Å². The second-order valence-corrected chi connectivity index (χ2v) is 2.24. The maximum Gasteiger partial charge on any atom is 0.639 e. The van der Waals surface area contributed by atoms with Gasteiger partial charge in [-0.3, -0.25) is 0 Å². The molecule has 0 atom stereocenters. The molecule has 0 saturated carbocycles. The summed E-state index contributed by atoms with van der Waals surface area (Å²) < 4.78 is 15.4. The molecule has 0 bridgehead atoms. The largest absolute Gasteiger partial charge is 0.639 e.